The first-order valence-corrected chi connectivity index (χ1v) is 5.51. The predicted octanol–water partition coefficient (Wildman–Crippen LogP) is 3.80. The summed E-state index contributed by atoms with van der Waals surface area (Å²) in [5.74, 6) is 0. The van der Waals surface area contributed by atoms with E-state index in [1.54, 1.807) is 0 Å². The van der Waals surface area contributed by atoms with Crippen molar-refractivity contribution in [2.24, 2.45) is 5.73 Å². The third kappa shape index (κ3) is 2.58. The second-order valence-electron chi connectivity index (χ2n) is 2.82. The van der Waals surface area contributed by atoms with Crippen LogP contribution in [0.15, 0.2) is 29.2 Å². The van der Waals surface area contributed by atoms with Crippen molar-refractivity contribution in [3.8, 4) is 0 Å². The molecule has 2 N–H and O–H groups in total. The third-order valence-electron chi connectivity index (χ3n) is 1.60. The van der Waals surface area contributed by atoms with Crippen LogP contribution in [0.2, 0.25) is 0 Å². The highest BCUT2D eigenvalue weighted by molar-refractivity contribution is 8.45. The van der Waals surface area contributed by atoms with Crippen LogP contribution in [0.5, 0.6) is 0 Å². The monoisotopic (exact) mass is 233 g/mol. The van der Waals surface area contributed by atoms with Crippen LogP contribution in [0, 0.1) is 0 Å². The molecule has 0 aliphatic heterocycles. The summed E-state index contributed by atoms with van der Waals surface area (Å²) < 4.78 is 60.8. The molecule has 0 unspecified atom stereocenters. The van der Waals surface area contributed by atoms with E-state index in [4.69, 9.17) is 5.73 Å². The maximum absolute atomic E-state index is 12.2. The fraction of sp³-hybridized carbons (Fsp3) is 0.143. The SMILES string of the molecule is NCc1ccc(S(F)(F)(F)(F)F)cc1. The van der Waals surface area contributed by atoms with Crippen molar-refractivity contribution >= 4 is 10.2 Å². The van der Waals surface area contributed by atoms with Crippen molar-refractivity contribution in [2.45, 2.75) is 11.4 Å². The highest BCUT2D eigenvalue weighted by atomic mass is 32.5. The Labute approximate surface area is 77.4 Å². The Hall–Kier alpha value is -0.820. The Bertz CT molecular complexity index is 339. The van der Waals surface area contributed by atoms with Crippen LogP contribution in [0.4, 0.5) is 19.4 Å². The molecule has 1 nitrogen and oxygen atoms in total. The molecule has 0 fully saturated rings. The molecule has 1 aromatic carbocycles. The molecule has 0 aliphatic carbocycles. The van der Waals surface area contributed by atoms with Gasteiger partial charge in [0.05, 0.1) is 0 Å². The molecule has 0 amide bonds. The van der Waals surface area contributed by atoms with E-state index >= 15 is 0 Å². The summed E-state index contributed by atoms with van der Waals surface area (Å²) in [6.07, 6.45) is 0. The summed E-state index contributed by atoms with van der Waals surface area (Å²) in [4.78, 5) is -1.89. The van der Waals surface area contributed by atoms with Crippen molar-refractivity contribution in [3.63, 3.8) is 0 Å². The Morgan fingerprint density at radius 3 is 1.64 bits per heavy atom. The van der Waals surface area contributed by atoms with Gasteiger partial charge >= 0.3 is 10.2 Å². The molecule has 1 aromatic rings. The first-order valence-electron chi connectivity index (χ1n) is 3.56. The topological polar surface area (TPSA) is 26.0 Å². The van der Waals surface area contributed by atoms with Gasteiger partial charge in [0.25, 0.3) is 0 Å². The van der Waals surface area contributed by atoms with Gasteiger partial charge in [0.1, 0.15) is 4.90 Å². The van der Waals surface area contributed by atoms with Crippen LogP contribution in [-0.4, -0.2) is 0 Å². The van der Waals surface area contributed by atoms with E-state index in [0.717, 1.165) is 12.1 Å². The zero-order chi connectivity index (χ0) is 11.1. The zero-order valence-corrected chi connectivity index (χ0v) is 7.71. The number of halogens is 5. The summed E-state index contributed by atoms with van der Waals surface area (Å²) in [6.45, 7) is 0.0145. The Balaban J connectivity index is 3.24. The van der Waals surface area contributed by atoms with Crippen LogP contribution in [0.25, 0.3) is 0 Å². The smallest absolute Gasteiger partial charge is 0.310 e. The van der Waals surface area contributed by atoms with E-state index < -0.39 is 15.1 Å². The van der Waals surface area contributed by atoms with Crippen LogP contribution in [0.3, 0.4) is 0 Å². The maximum Gasteiger partial charge on any atom is 0.310 e. The standard InChI is InChI=1S/C7H8F5NS/c8-14(9,10,11,12)7-3-1-6(5-13)2-4-7/h1-4H,5,13H2. The fourth-order valence-corrected chi connectivity index (χ4v) is 1.53. The van der Waals surface area contributed by atoms with Gasteiger partial charge in [-0.2, -0.15) is 0 Å². The summed E-state index contributed by atoms with van der Waals surface area (Å²) in [7, 11) is -9.51. The van der Waals surface area contributed by atoms with Crippen molar-refractivity contribution < 1.29 is 19.4 Å². The van der Waals surface area contributed by atoms with Crippen LogP contribution in [-0.2, 0) is 6.54 Å². The minimum Gasteiger partial charge on any atom is -0.326 e. The first kappa shape index (κ1) is 11.3. The highest BCUT2D eigenvalue weighted by Gasteiger charge is 2.65. The molecule has 0 heterocycles. The van der Waals surface area contributed by atoms with Crippen molar-refractivity contribution in [3.05, 3.63) is 29.8 Å². The van der Waals surface area contributed by atoms with Crippen molar-refractivity contribution in [2.75, 3.05) is 0 Å². The third-order valence-corrected chi connectivity index (χ3v) is 2.77. The fourth-order valence-electron chi connectivity index (χ4n) is 0.883. The minimum atomic E-state index is -9.51. The van der Waals surface area contributed by atoms with Gasteiger partial charge in [-0.25, -0.2) is 0 Å². The van der Waals surface area contributed by atoms with E-state index in [1.807, 2.05) is 0 Å². The minimum absolute atomic E-state index is 0.0145. The summed E-state index contributed by atoms with van der Waals surface area (Å²) >= 11 is 0. The van der Waals surface area contributed by atoms with Gasteiger partial charge < -0.3 is 5.73 Å². The molecule has 82 valence electrons. The van der Waals surface area contributed by atoms with Crippen molar-refractivity contribution in [1.29, 1.82) is 0 Å². The molecule has 0 saturated heterocycles. The first-order chi connectivity index (χ1) is 6.03. The molecule has 0 spiro atoms. The number of hydrogen-bond donors (Lipinski definition) is 1. The lowest BCUT2D eigenvalue weighted by Crippen LogP contribution is -2.06. The lowest BCUT2D eigenvalue weighted by Gasteiger charge is -2.40. The van der Waals surface area contributed by atoms with E-state index in [-0.39, 0.29) is 6.54 Å². The van der Waals surface area contributed by atoms with Crippen LogP contribution >= 0.6 is 10.2 Å². The predicted molar refractivity (Wildman–Crippen MR) is 45.7 cm³/mol. The zero-order valence-electron chi connectivity index (χ0n) is 6.89. The molecule has 0 atom stereocenters. The number of benzene rings is 1. The number of rotatable bonds is 2. The molecule has 0 radical (unpaired) electrons. The summed E-state index contributed by atoms with van der Waals surface area (Å²) in [5, 5.41) is 0. The van der Waals surface area contributed by atoms with Crippen LogP contribution in [0.1, 0.15) is 5.56 Å². The quantitative estimate of drug-likeness (QED) is 0.772. The van der Waals surface area contributed by atoms with Crippen molar-refractivity contribution in [1.82, 2.24) is 0 Å². The molecule has 14 heavy (non-hydrogen) atoms. The number of hydrogen-bond acceptors (Lipinski definition) is 1. The maximum atomic E-state index is 12.2. The van der Waals surface area contributed by atoms with Crippen LogP contribution < -0.4 is 5.73 Å². The largest absolute Gasteiger partial charge is 0.326 e. The van der Waals surface area contributed by atoms with Gasteiger partial charge in [0.15, 0.2) is 0 Å². The second kappa shape index (κ2) is 2.40. The Morgan fingerprint density at radius 2 is 1.36 bits per heavy atom. The van der Waals surface area contributed by atoms with Gasteiger partial charge in [-0.1, -0.05) is 31.6 Å². The molecular weight excluding hydrogens is 225 g/mol. The van der Waals surface area contributed by atoms with E-state index in [0.29, 0.717) is 17.7 Å². The molecule has 7 heteroatoms. The Kier molecular flexibility index (Phi) is 1.93. The van der Waals surface area contributed by atoms with Gasteiger partial charge in [-0.15, -0.1) is 0 Å². The molecule has 0 saturated carbocycles. The average Bonchev–Trinajstić information content (AvgIpc) is 2.01. The van der Waals surface area contributed by atoms with E-state index in [1.165, 1.54) is 0 Å². The molecule has 0 aliphatic rings. The lowest BCUT2D eigenvalue weighted by molar-refractivity contribution is 0.364. The second-order valence-corrected chi connectivity index (χ2v) is 5.23. The normalized spacial score (nSPS) is 17.3. The molecule has 1 rings (SSSR count). The molecule has 0 bridgehead atoms. The van der Waals surface area contributed by atoms with Gasteiger partial charge in [0, 0.05) is 6.54 Å². The van der Waals surface area contributed by atoms with Gasteiger partial charge in [-0.05, 0) is 17.7 Å². The lowest BCUT2D eigenvalue weighted by atomic mass is 10.2. The summed E-state index contributed by atoms with van der Waals surface area (Å²) in [5.41, 5.74) is 5.49. The summed E-state index contributed by atoms with van der Waals surface area (Å²) in [6, 6.07) is 2.58. The Morgan fingerprint density at radius 1 is 0.929 bits per heavy atom. The molecule has 0 aromatic heterocycles. The van der Waals surface area contributed by atoms with Gasteiger partial charge in [0.2, 0.25) is 0 Å². The van der Waals surface area contributed by atoms with Gasteiger partial charge in [-0.3, -0.25) is 0 Å². The van der Waals surface area contributed by atoms with E-state index in [9.17, 15) is 19.4 Å². The highest BCUT2D eigenvalue weighted by Crippen LogP contribution is 3.02. The number of nitrogens with two attached hydrogens (primary N) is 1. The average molecular weight is 233 g/mol. The van der Waals surface area contributed by atoms with E-state index in [2.05, 4.69) is 0 Å². The molecular formula is C7H8F5NS.